The summed E-state index contributed by atoms with van der Waals surface area (Å²) in [4.78, 5) is 15.4. The Bertz CT molecular complexity index is 771. The number of hydrogen-bond acceptors (Lipinski definition) is 3. The molecular weight excluding hydrogens is 335 g/mol. The molecule has 0 unspecified atom stereocenters. The highest BCUT2D eigenvalue weighted by atomic mass is 35.5. The van der Waals surface area contributed by atoms with Crippen LogP contribution in [-0.4, -0.2) is 33.6 Å². The lowest BCUT2D eigenvalue weighted by Crippen LogP contribution is -2.02. The fourth-order valence-electron chi connectivity index (χ4n) is 2.27. The van der Waals surface area contributed by atoms with Gasteiger partial charge in [0.05, 0.1) is 24.8 Å². The molecule has 1 N–H and O–H groups in total. The highest BCUT2D eigenvalue weighted by molar-refractivity contribution is 6.17. The Morgan fingerprint density at radius 1 is 1.50 bits per heavy atom. The van der Waals surface area contributed by atoms with E-state index in [-0.39, 0.29) is 17.6 Å². The Morgan fingerprint density at radius 3 is 2.79 bits per heavy atom. The molecule has 7 heteroatoms. The van der Waals surface area contributed by atoms with Crippen LogP contribution in [0.3, 0.4) is 0 Å². The second-order valence-electron chi connectivity index (χ2n) is 5.24. The van der Waals surface area contributed by atoms with Crippen molar-refractivity contribution in [2.24, 2.45) is 0 Å². The number of benzene rings is 1. The van der Waals surface area contributed by atoms with Crippen molar-refractivity contribution in [3.8, 4) is 11.4 Å². The van der Waals surface area contributed by atoms with Crippen molar-refractivity contribution >= 4 is 23.6 Å². The van der Waals surface area contributed by atoms with Gasteiger partial charge in [-0.1, -0.05) is 0 Å². The van der Waals surface area contributed by atoms with E-state index in [0.29, 0.717) is 23.7 Å². The minimum absolute atomic E-state index is 0.0998. The van der Waals surface area contributed by atoms with Crippen LogP contribution in [0.15, 0.2) is 30.2 Å². The maximum absolute atomic E-state index is 14.5. The molecule has 1 aromatic carbocycles. The van der Waals surface area contributed by atoms with E-state index in [1.165, 1.54) is 25.3 Å². The minimum atomic E-state index is -1.09. The van der Waals surface area contributed by atoms with Gasteiger partial charge in [0.2, 0.25) is 0 Å². The summed E-state index contributed by atoms with van der Waals surface area (Å²) in [5.41, 5.74) is 1.53. The van der Waals surface area contributed by atoms with E-state index in [4.69, 9.17) is 16.3 Å². The van der Waals surface area contributed by atoms with Gasteiger partial charge in [0.25, 0.3) is 0 Å². The van der Waals surface area contributed by atoms with E-state index in [0.717, 1.165) is 5.69 Å². The van der Waals surface area contributed by atoms with Crippen LogP contribution in [-0.2, 0) is 4.79 Å². The second kappa shape index (κ2) is 7.97. The molecule has 0 saturated heterocycles. The van der Waals surface area contributed by atoms with Crippen LogP contribution < -0.4 is 4.74 Å². The maximum Gasteiger partial charge on any atom is 0.331 e. The third-order valence-electron chi connectivity index (χ3n) is 3.47. The van der Waals surface area contributed by atoms with Crippen molar-refractivity contribution in [1.82, 2.24) is 9.55 Å². The van der Waals surface area contributed by atoms with Gasteiger partial charge in [0.1, 0.15) is 11.6 Å². The van der Waals surface area contributed by atoms with Gasteiger partial charge in [-0.2, -0.15) is 0 Å². The van der Waals surface area contributed by atoms with Crippen LogP contribution in [0.1, 0.15) is 24.1 Å². The number of carboxylic acid groups (broad SMARTS) is 1. The first kappa shape index (κ1) is 18.0. The van der Waals surface area contributed by atoms with Gasteiger partial charge in [-0.05, 0) is 31.9 Å². The van der Waals surface area contributed by atoms with E-state index >= 15 is 0 Å². The molecule has 24 heavy (non-hydrogen) atoms. The molecule has 0 atom stereocenters. The average molecular weight is 353 g/mol. The highest BCUT2D eigenvalue weighted by Crippen LogP contribution is 2.28. The largest absolute Gasteiger partial charge is 0.495 e. The number of aryl methyl sites for hydroxylation is 1. The normalized spacial score (nSPS) is 11.6. The summed E-state index contributed by atoms with van der Waals surface area (Å²) in [5.74, 6) is -0.869. The SMILES string of the molecule is COc1cc(C=C(CCCCl)C(=O)O)c(F)cc1-n1cnc(C)c1. The van der Waals surface area contributed by atoms with Gasteiger partial charge in [0.15, 0.2) is 0 Å². The molecule has 0 bridgehead atoms. The number of imidazole rings is 1. The number of aromatic nitrogens is 2. The quantitative estimate of drug-likeness (QED) is 0.608. The van der Waals surface area contributed by atoms with Gasteiger partial charge in [-0.3, -0.25) is 0 Å². The van der Waals surface area contributed by atoms with Crippen molar-refractivity contribution in [2.75, 3.05) is 13.0 Å². The standard InChI is InChI=1S/C17H18ClFN2O3/c1-11-9-21(10-20-11)15-8-14(19)13(7-16(15)24-2)6-12(17(22)23)4-3-5-18/h6-10H,3-5H2,1-2H3,(H,22,23). The lowest BCUT2D eigenvalue weighted by molar-refractivity contribution is -0.132. The summed E-state index contributed by atoms with van der Waals surface area (Å²) in [6, 6.07) is 2.77. The van der Waals surface area contributed by atoms with E-state index in [1.54, 1.807) is 17.1 Å². The Kier molecular flexibility index (Phi) is 5.98. The molecule has 0 aliphatic heterocycles. The third kappa shape index (κ3) is 4.14. The van der Waals surface area contributed by atoms with Crippen LogP contribution in [0.25, 0.3) is 11.8 Å². The molecule has 0 aliphatic rings. The number of hydrogen-bond donors (Lipinski definition) is 1. The molecule has 0 fully saturated rings. The third-order valence-corrected chi connectivity index (χ3v) is 3.74. The zero-order valence-corrected chi connectivity index (χ0v) is 14.2. The summed E-state index contributed by atoms with van der Waals surface area (Å²) in [5, 5.41) is 9.24. The van der Waals surface area contributed by atoms with E-state index in [2.05, 4.69) is 4.98 Å². The Balaban J connectivity index is 2.47. The number of ether oxygens (including phenoxy) is 1. The Labute approximate surface area is 144 Å². The van der Waals surface area contributed by atoms with Gasteiger partial charge in [0, 0.05) is 29.3 Å². The molecule has 2 aromatic rings. The van der Waals surface area contributed by atoms with Gasteiger partial charge < -0.3 is 14.4 Å². The van der Waals surface area contributed by atoms with Crippen LogP contribution in [0.2, 0.25) is 0 Å². The first-order chi connectivity index (χ1) is 11.5. The number of rotatable bonds is 7. The maximum atomic E-state index is 14.5. The summed E-state index contributed by atoms with van der Waals surface area (Å²) >= 11 is 5.60. The molecule has 5 nitrogen and oxygen atoms in total. The zero-order valence-electron chi connectivity index (χ0n) is 13.4. The fraction of sp³-hybridized carbons (Fsp3) is 0.294. The van der Waals surface area contributed by atoms with Gasteiger partial charge >= 0.3 is 5.97 Å². The molecule has 128 valence electrons. The number of carboxylic acids is 1. The molecule has 0 saturated carbocycles. The summed E-state index contributed by atoms with van der Waals surface area (Å²) in [6.07, 6.45) is 5.39. The topological polar surface area (TPSA) is 64.3 Å². The van der Waals surface area contributed by atoms with Crippen molar-refractivity contribution in [1.29, 1.82) is 0 Å². The summed E-state index contributed by atoms with van der Waals surface area (Å²) in [7, 11) is 1.47. The predicted octanol–water partition coefficient (Wildman–Crippen LogP) is 3.82. The Morgan fingerprint density at radius 2 is 2.25 bits per heavy atom. The van der Waals surface area contributed by atoms with Crippen molar-refractivity contribution in [3.05, 3.63) is 47.3 Å². The highest BCUT2D eigenvalue weighted by Gasteiger charge is 2.14. The summed E-state index contributed by atoms with van der Waals surface area (Å²) < 4.78 is 21.4. The van der Waals surface area contributed by atoms with E-state index in [1.807, 2.05) is 6.92 Å². The Hall–Kier alpha value is -2.34. The van der Waals surface area contributed by atoms with Gasteiger partial charge in [-0.15, -0.1) is 11.6 Å². The van der Waals surface area contributed by atoms with Crippen LogP contribution in [0, 0.1) is 12.7 Å². The molecule has 1 aromatic heterocycles. The van der Waals surface area contributed by atoms with Gasteiger partial charge in [-0.25, -0.2) is 14.2 Å². The molecular formula is C17H18ClFN2O3. The molecule has 0 spiro atoms. The molecule has 2 rings (SSSR count). The van der Waals surface area contributed by atoms with Crippen molar-refractivity contribution in [3.63, 3.8) is 0 Å². The average Bonchev–Trinajstić information content (AvgIpc) is 2.98. The lowest BCUT2D eigenvalue weighted by atomic mass is 10.1. The first-order valence-corrected chi connectivity index (χ1v) is 7.88. The molecule has 0 aliphatic carbocycles. The van der Waals surface area contributed by atoms with E-state index in [9.17, 15) is 14.3 Å². The number of carbonyl (C=O) groups is 1. The smallest absolute Gasteiger partial charge is 0.331 e. The number of nitrogens with zero attached hydrogens (tertiary/aromatic N) is 2. The minimum Gasteiger partial charge on any atom is -0.495 e. The number of alkyl halides is 1. The number of methoxy groups -OCH3 is 1. The van der Waals surface area contributed by atoms with Crippen molar-refractivity contribution < 1.29 is 19.0 Å². The van der Waals surface area contributed by atoms with Crippen LogP contribution >= 0.6 is 11.6 Å². The first-order valence-electron chi connectivity index (χ1n) is 7.34. The van der Waals surface area contributed by atoms with E-state index < -0.39 is 11.8 Å². The lowest BCUT2D eigenvalue weighted by Gasteiger charge is -2.11. The monoisotopic (exact) mass is 352 g/mol. The molecule has 0 radical (unpaired) electrons. The molecule has 1 heterocycles. The van der Waals surface area contributed by atoms with Crippen molar-refractivity contribution in [2.45, 2.75) is 19.8 Å². The fourth-order valence-corrected chi connectivity index (χ4v) is 2.41. The summed E-state index contributed by atoms with van der Waals surface area (Å²) in [6.45, 7) is 1.83. The number of aliphatic carboxylic acids is 1. The molecule has 0 amide bonds. The second-order valence-corrected chi connectivity index (χ2v) is 5.61. The number of halogens is 2. The van der Waals surface area contributed by atoms with Crippen LogP contribution in [0.5, 0.6) is 5.75 Å². The zero-order chi connectivity index (χ0) is 17.7. The predicted molar refractivity (Wildman–Crippen MR) is 90.4 cm³/mol. The van der Waals surface area contributed by atoms with Crippen LogP contribution in [0.4, 0.5) is 4.39 Å².